The summed E-state index contributed by atoms with van der Waals surface area (Å²) in [5, 5.41) is 6.49. The Balaban J connectivity index is 1.88. The van der Waals surface area contributed by atoms with Crippen LogP contribution in [-0.4, -0.2) is 44.3 Å². The van der Waals surface area contributed by atoms with E-state index in [1.165, 1.54) is 27.5 Å². The number of nitrogens with one attached hydrogen (secondary N) is 2. The summed E-state index contributed by atoms with van der Waals surface area (Å²) in [6.45, 7) is 0.300. The fraction of sp³-hybridized carbons (Fsp3) is 0.263. The smallest absolute Gasteiger partial charge is 0.249 e. The van der Waals surface area contributed by atoms with Crippen molar-refractivity contribution in [1.82, 2.24) is 15.7 Å². The Morgan fingerprint density at radius 1 is 1.11 bits per heavy atom. The van der Waals surface area contributed by atoms with Crippen LogP contribution < -0.4 is 25.0 Å². The van der Waals surface area contributed by atoms with Crippen molar-refractivity contribution in [2.45, 2.75) is 13.0 Å². The van der Waals surface area contributed by atoms with Gasteiger partial charge in [0.2, 0.25) is 17.6 Å². The summed E-state index contributed by atoms with van der Waals surface area (Å²) in [4.78, 5) is 27.6. The monoisotopic (exact) mass is 386 g/mol. The molecular weight excluding hydrogens is 364 g/mol. The van der Waals surface area contributed by atoms with Crippen molar-refractivity contribution in [3.8, 4) is 17.2 Å². The normalized spacial score (nSPS) is 10.4. The molecule has 0 aliphatic rings. The molecule has 2 amide bonds. The number of nitrogens with zero attached hydrogens (tertiary/aromatic N) is 2. The number of hydrazone groups is 1. The molecule has 0 radical (unpaired) electrons. The van der Waals surface area contributed by atoms with Gasteiger partial charge in [-0.1, -0.05) is 6.07 Å². The minimum Gasteiger partial charge on any atom is -0.493 e. The number of hydrogen-bond donors (Lipinski definition) is 2. The van der Waals surface area contributed by atoms with Crippen LogP contribution in [-0.2, 0) is 16.1 Å². The number of ether oxygens (including phenoxy) is 3. The molecule has 1 aromatic heterocycles. The van der Waals surface area contributed by atoms with Crippen molar-refractivity contribution < 1.29 is 23.8 Å². The Morgan fingerprint density at radius 3 is 2.39 bits per heavy atom. The van der Waals surface area contributed by atoms with Crippen LogP contribution in [0.15, 0.2) is 41.8 Å². The van der Waals surface area contributed by atoms with Gasteiger partial charge in [-0.25, -0.2) is 5.43 Å². The summed E-state index contributed by atoms with van der Waals surface area (Å²) in [6.07, 6.45) is 4.36. The van der Waals surface area contributed by atoms with Crippen molar-refractivity contribution in [3.63, 3.8) is 0 Å². The molecule has 148 valence electrons. The highest BCUT2D eigenvalue weighted by Crippen LogP contribution is 2.37. The molecule has 0 unspecified atom stereocenters. The van der Waals surface area contributed by atoms with Crippen molar-refractivity contribution in [3.05, 3.63) is 47.8 Å². The molecule has 9 nitrogen and oxygen atoms in total. The van der Waals surface area contributed by atoms with Crippen LogP contribution >= 0.6 is 0 Å². The third-order valence-electron chi connectivity index (χ3n) is 3.62. The summed E-state index contributed by atoms with van der Waals surface area (Å²) in [5.41, 5.74) is 3.77. The lowest BCUT2D eigenvalue weighted by Crippen LogP contribution is -2.29. The maximum atomic E-state index is 11.8. The lowest BCUT2D eigenvalue weighted by molar-refractivity contribution is -0.129. The summed E-state index contributed by atoms with van der Waals surface area (Å²) in [5.74, 6) is 0.432. The summed E-state index contributed by atoms with van der Waals surface area (Å²) in [7, 11) is 4.52. The molecule has 1 aromatic carbocycles. The van der Waals surface area contributed by atoms with Crippen molar-refractivity contribution in [2.75, 3.05) is 21.3 Å². The topological polar surface area (TPSA) is 111 Å². The van der Waals surface area contributed by atoms with Gasteiger partial charge in [-0.05, 0) is 23.8 Å². The first-order valence-electron chi connectivity index (χ1n) is 8.35. The molecule has 0 spiro atoms. The second kappa shape index (κ2) is 10.5. The largest absolute Gasteiger partial charge is 0.493 e. The molecule has 2 aromatic rings. The third kappa shape index (κ3) is 5.97. The van der Waals surface area contributed by atoms with Crippen molar-refractivity contribution in [2.24, 2.45) is 5.10 Å². The molecule has 0 fully saturated rings. The first kappa shape index (κ1) is 20.7. The molecule has 0 aliphatic carbocycles. The van der Waals surface area contributed by atoms with Gasteiger partial charge in [0.05, 0.1) is 27.5 Å². The molecule has 0 bridgehead atoms. The summed E-state index contributed by atoms with van der Waals surface area (Å²) < 4.78 is 15.7. The highest BCUT2D eigenvalue weighted by molar-refractivity contribution is 5.97. The van der Waals surface area contributed by atoms with Gasteiger partial charge < -0.3 is 19.5 Å². The predicted molar refractivity (Wildman–Crippen MR) is 103 cm³/mol. The number of amides is 2. The first-order valence-corrected chi connectivity index (χ1v) is 8.35. The van der Waals surface area contributed by atoms with Crippen LogP contribution in [0.1, 0.15) is 17.5 Å². The van der Waals surface area contributed by atoms with E-state index in [0.29, 0.717) is 29.4 Å². The van der Waals surface area contributed by atoms with Gasteiger partial charge in [-0.3, -0.25) is 14.6 Å². The van der Waals surface area contributed by atoms with Crippen LogP contribution in [0.2, 0.25) is 0 Å². The number of pyridine rings is 1. The Hall–Kier alpha value is -3.62. The van der Waals surface area contributed by atoms with Crippen LogP contribution in [0, 0.1) is 0 Å². The minimum atomic E-state index is -0.535. The first-order chi connectivity index (χ1) is 13.6. The van der Waals surface area contributed by atoms with E-state index in [-0.39, 0.29) is 6.42 Å². The number of rotatable bonds is 9. The summed E-state index contributed by atoms with van der Waals surface area (Å²) >= 11 is 0. The van der Waals surface area contributed by atoms with E-state index in [9.17, 15) is 9.59 Å². The molecule has 2 rings (SSSR count). The zero-order chi connectivity index (χ0) is 20.4. The molecule has 0 saturated heterocycles. The maximum absolute atomic E-state index is 11.8. The van der Waals surface area contributed by atoms with E-state index in [2.05, 4.69) is 20.8 Å². The van der Waals surface area contributed by atoms with Crippen LogP contribution in [0.3, 0.4) is 0 Å². The summed E-state index contributed by atoms with van der Waals surface area (Å²) in [6, 6.07) is 6.95. The second-order valence-electron chi connectivity index (χ2n) is 5.57. The van der Waals surface area contributed by atoms with Crippen LogP contribution in [0.5, 0.6) is 17.2 Å². The Labute approximate surface area is 162 Å². The highest BCUT2D eigenvalue weighted by Gasteiger charge is 2.12. The fourth-order valence-electron chi connectivity index (χ4n) is 2.31. The Kier molecular flexibility index (Phi) is 7.77. The lowest BCUT2D eigenvalue weighted by Gasteiger charge is -2.12. The van der Waals surface area contributed by atoms with Gasteiger partial charge in [0.1, 0.15) is 6.42 Å². The number of methoxy groups -OCH3 is 3. The number of carbonyl (C=O) groups is 2. The Morgan fingerprint density at radius 2 is 1.82 bits per heavy atom. The predicted octanol–water partition coefficient (Wildman–Crippen LogP) is 1.26. The quantitative estimate of drug-likeness (QED) is 0.381. The van der Waals surface area contributed by atoms with Gasteiger partial charge in [0.15, 0.2) is 11.5 Å². The molecule has 1 heterocycles. The average Bonchev–Trinajstić information content (AvgIpc) is 2.72. The average molecular weight is 386 g/mol. The molecule has 9 heteroatoms. The van der Waals surface area contributed by atoms with E-state index < -0.39 is 11.8 Å². The zero-order valence-corrected chi connectivity index (χ0v) is 15.9. The standard InChI is InChI=1S/C19H22N4O5/c1-26-15-7-14(8-16(27-2)19(15)28-3)12-22-23-18(25)9-17(24)21-11-13-5-4-6-20-10-13/h4-8,10,12H,9,11H2,1-3H3,(H,21,24)(H,23,25)/b22-12-. The molecule has 0 atom stereocenters. The van der Waals surface area contributed by atoms with Gasteiger partial charge in [-0.15, -0.1) is 0 Å². The number of carbonyl (C=O) groups excluding carboxylic acids is 2. The second-order valence-corrected chi connectivity index (χ2v) is 5.57. The van der Waals surface area contributed by atoms with Gasteiger partial charge >= 0.3 is 0 Å². The highest BCUT2D eigenvalue weighted by atomic mass is 16.5. The van der Waals surface area contributed by atoms with Crippen molar-refractivity contribution in [1.29, 1.82) is 0 Å². The van der Waals surface area contributed by atoms with E-state index in [1.54, 1.807) is 30.6 Å². The third-order valence-corrected chi connectivity index (χ3v) is 3.62. The minimum absolute atomic E-state index is 0.300. The van der Waals surface area contributed by atoms with Gasteiger partial charge in [0, 0.05) is 24.5 Å². The number of benzene rings is 1. The number of hydrogen-bond acceptors (Lipinski definition) is 7. The van der Waals surface area contributed by atoms with E-state index in [0.717, 1.165) is 5.56 Å². The molecule has 28 heavy (non-hydrogen) atoms. The van der Waals surface area contributed by atoms with Crippen LogP contribution in [0.25, 0.3) is 0 Å². The SMILES string of the molecule is COc1cc(/C=N\NC(=O)CC(=O)NCc2cccnc2)cc(OC)c1OC. The molecular formula is C19H22N4O5. The van der Waals surface area contributed by atoms with E-state index in [1.807, 2.05) is 6.07 Å². The molecule has 0 aliphatic heterocycles. The maximum Gasteiger partial charge on any atom is 0.249 e. The van der Waals surface area contributed by atoms with Crippen LogP contribution in [0.4, 0.5) is 0 Å². The van der Waals surface area contributed by atoms with Gasteiger partial charge in [0.25, 0.3) is 0 Å². The molecule has 0 saturated carbocycles. The van der Waals surface area contributed by atoms with E-state index >= 15 is 0 Å². The fourth-order valence-corrected chi connectivity index (χ4v) is 2.31. The number of aromatic nitrogens is 1. The van der Waals surface area contributed by atoms with Gasteiger partial charge in [-0.2, -0.15) is 5.10 Å². The zero-order valence-electron chi connectivity index (χ0n) is 15.9. The molecule has 2 N–H and O–H groups in total. The Bertz CT molecular complexity index is 814. The van der Waals surface area contributed by atoms with Crippen molar-refractivity contribution >= 4 is 18.0 Å². The van der Waals surface area contributed by atoms with E-state index in [4.69, 9.17) is 14.2 Å². The lowest BCUT2D eigenvalue weighted by atomic mass is 10.2.